The Labute approximate surface area is 106 Å². The van der Waals surface area contributed by atoms with E-state index in [1.54, 1.807) is 13.2 Å². The van der Waals surface area contributed by atoms with E-state index in [1.807, 2.05) is 0 Å². The maximum Gasteiger partial charge on any atom is 0.159 e. The Morgan fingerprint density at radius 1 is 1.28 bits per heavy atom. The molecule has 1 heterocycles. The molecular weight excluding hydrogens is 238 g/mol. The lowest BCUT2D eigenvalue weighted by atomic mass is 10.0. The molecule has 0 bridgehead atoms. The molecule has 1 aliphatic heterocycles. The lowest BCUT2D eigenvalue weighted by molar-refractivity contribution is 0.0810. The van der Waals surface area contributed by atoms with E-state index in [0.717, 1.165) is 31.7 Å². The minimum absolute atomic E-state index is 0.0211. The van der Waals surface area contributed by atoms with Crippen LogP contribution in [0.3, 0.4) is 0 Å². The molecule has 100 valence electrons. The highest BCUT2D eigenvalue weighted by Gasteiger charge is 2.22. The van der Waals surface area contributed by atoms with Crippen LogP contribution >= 0.6 is 0 Å². The van der Waals surface area contributed by atoms with E-state index in [9.17, 15) is 8.78 Å². The van der Waals surface area contributed by atoms with Gasteiger partial charge in [0.2, 0.25) is 0 Å². The van der Waals surface area contributed by atoms with Crippen molar-refractivity contribution in [3.05, 3.63) is 35.4 Å². The average molecular weight is 256 g/mol. The second-order valence-electron chi connectivity index (χ2n) is 4.43. The maximum absolute atomic E-state index is 13.3. The minimum atomic E-state index is -0.810. The Morgan fingerprint density at radius 3 is 2.61 bits per heavy atom. The van der Waals surface area contributed by atoms with Crippen LogP contribution in [-0.4, -0.2) is 44.8 Å². The molecule has 1 saturated heterocycles. The van der Waals surface area contributed by atoms with Crippen LogP contribution in [0.5, 0.6) is 0 Å². The summed E-state index contributed by atoms with van der Waals surface area (Å²) in [6, 6.07) is 4.05. The summed E-state index contributed by atoms with van der Waals surface area (Å²) in [5, 5.41) is 3.27. The molecule has 0 aromatic heterocycles. The summed E-state index contributed by atoms with van der Waals surface area (Å²) in [5.74, 6) is -1.61. The van der Waals surface area contributed by atoms with Gasteiger partial charge in [-0.2, -0.15) is 0 Å². The zero-order valence-corrected chi connectivity index (χ0v) is 10.5. The summed E-state index contributed by atoms with van der Waals surface area (Å²) in [6.07, 6.45) is 0. The Kier molecular flexibility index (Phi) is 4.63. The van der Waals surface area contributed by atoms with Crippen LogP contribution in [0.15, 0.2) is 18.2 Å². The van der Waals surface area contributed by atoms with Gasteiger partial charge in [-0.1, -0.05) is 6.07 Å². The van der Waals surface area contributed by atoms with E-state index in [1.165, 1.54) is 12.1 Å². The zero-order valence-electron chi connectivity index (χ0n) is 10.5. The fraction of sp³-hybridized carbons (Fsp3) is 0.538. The minimum Gasteiger partial charge on any atom is -0.383 e. The van der Waals surface area contributed by atoms with Gasteiger partial charge in [0.15, 0.2) is 11.6 Å². The fourth-order valence-corrected chi connectivity index (χ4v) is 2.28. The van der Waals surface area contributed by atoms with Crippen LogP contribution < -0.4 is 5.32 Å². The van der Waals surface area contributed by atoms with Gasteiger partial charge in [0.1, 0.15) is 0 Å². The molecule has 2 rings (SSSR count). The van der Waals surface area contributed by atoms with Crippen molar-refractivity contribution in [2.24, 2.45) is 0 Å². The van der Waals surface area contributed by atoms with Crippen LogP contribution in [0.4, 0.5) is 8.78 Å². The van der Waals surface area contributed by atoms with Gasteiger partial charge < -0.3 is 10.1 Å². The van der Waals surface area contributed by atoms with Gasteiger partial charge in [-0.3, -0.25) is 4.90 Å². The predicted molar refractivity (Wildman–Crippen MR) is 65.4 cm³/mol. The van der Waals surface area contributed by atoms with E-state index in [2.05, 4.69) is 10.2 Å². The van der Waals surface area contributed by atoms with Crippen molar-refractivity contribution >= 4 is 0 Å². The zero-order chi connectivity index (χ0) is 13.0. The van der Waals surface area contributed by atoms with E-state index in [0.29, 0.717) is 6.61 Å². The maximum atomic E-state index is 13.3. The summed E-state index contributed by atoms with van der Waals surface area (Å²) < 4.78 is 31.5. The van der Waals surface area contributed by atoms with E-state index < -0.39 is 11.6 Å². The summed E-state index contributed by atoms with van der Waals surface area (Å²) in [5.41, 5.74) is 0.762. The third-order valence-corrected chi connectivity index (χ3v) is 3.25. The molecule has 18 heavy (non-hydrogen) atoms. The van der Waals surface area contributed by atoms with Gasteiger partial charge in [0, 0.05) is 33.3 Å². The standard InChI is InChI=1S/C13H18F2N2O/c1-18-9-13(17-6-4-16-5-7-17)10-2-3-11(14)12(15)8-10/h2-3,8,13,16H,4-7,9H2,1H3. The van der Waals surface area contributed by atoms with Crippen LogP contribution in [0.1, 0.15) is 11.6 Å². The first-order valence-corrected chi connectivity index (χ1v) is 6.11. The van der Waals surface area contributed by atoms with Crippen molar-refractivity contribution in [2.75, 3.05) is 39.9 Å². The highest BCUT2D eigenvalue weighted by molar-refractivity contribution is 5.21. The van der Waals surface area contributed by atoms with Crippen molar-refractivity contribution in [1.29, 1.82) is 0 Å². The number of benzene rings is 1. The largest absolute Gasteiger partial charge is 0.383 e. The number of piperazine rings is 1. The van der Waals surface area contributed by atoms with Crippen LogP contribution in [0.25, 0.3) is 0 Å². The molecule has 3 nitrogen and oxygen atoms in total. The Morgan fingerprint density at radius 2 is 2.00 bits per heavy atom. The first-order valence-electron chi connectivity index (χ1n) is 6.11. The number of halogens is 2. The van der Waals surface area contributed by atoms with Gasteiger partial charge in [-0.05, 0) is 17.7 Å². The fourth-order valence-electron chi connectivity index (χ4n) is 2.28. The summed E-state index contributed by atoms with van der Waals surface area (Å²) >= 11 is 0. The second kappa shape index (κ2) is 6.22. The Hall–Kier alpha value is -1.04. The average Bonchev–Trinajstić information content (AvgIpc) is 2.40. The topological polar surface area (TPSA) is 24.5 Å². The molecule has 0 saturated carbocycles. The highest BCUT2D eigenvalue weighted by atomic mass is 19.2. The summed E-state index contributed by atoms with van der Waals surface area (Å²) in [4.78, 5) is 2.23. The third-order valence-electron chi connectivity index (χ3n) is 3.25. The number of rotatable bonds is 4. The van der Waals surface area contributed by atoms with E-state index >= 15 is 0 Å². The second-order valence-corrected chi connectivity index (χ2v) is 4.43. The molecule has 1 fully saturated rings. The van der Waals surface area contributed by atoms with Crippen molar-refractivity contribution in [3.8, 4) is 0 Å². The van der Waals surface area contributed by atoms with Crippen molar-refractivity contribution in [2.45, 2.75) is 6.04 Å². The Bertz CT molecular complexity index is 395. The molecule has 1 aromatic carbocycles. The summed E-state index contributed by atoms with van der Waals surface area (Å²) in [7, 11) is 1.62. The highest BCUT2D eigenvalue weighted by Crippen LogP contribution is 2.23. The number of nitrogens with zero attached hydrogens (tertiary/aromatic N) is 1. The van der Waals surface area contributed by atoms with Crippen molar-refractivity contribution in [1.82, 2.24) is 10.2 Å². The molecule has 0 amide bonds. The van der Waals surface area contributed by atoms with Crippen LogP contribution in [0.2, 0.25) is 0 Å². The Balaban J connectivity index is 2.19. The molecule has 1 aliphatic rings. The normalized spacial score (nSPS) is 18.8. The quantitative estimate of drug-likeness (QED) is 0.884. The van der Waals surface area contributed by atoms with Gasteiger partial charge in [0.05, 0.1) is 12.6 Å². The SMILES string of the molecule is COCC(c1ccc(F)c(F)c1)N1CCNCC1. The molecular formula is C13H18F2N2O. The number of methoxy groups -OCH3 is 1. The molecule has 0 aliphatic carbocycles. The molecule has 1 aromatic rings. The van der Waals surface area contributed by atoms with E-state index in [-0.39, 0.29) is 6.04 Å². The molecule has 5 heteroatoms. The number of ether oxygens (including phenoxy) is 1. The van der Waals surface area contributed by atoms with Gasteiger partial charge >= 0.3 is 0 Å². The van der Waals surface area contributed by atoms with Gasteiger partial charge in [0.25, 0.3) is 0 Å². The monoisotopic (exact) mass is 256 g/mol. The first-order chi connectivity index (χ1) is 8.72. The van der Waals surface area contributed by atoms with Crippen molar-refractivity contribution in [3.63, 3.8) is 0 Å². The number of nitrogens with one attached hydrogen (secondary N) is 1. The molecule has 1 unspecified atom stereocenters. The first kappa shape index (κ1) is 13.4. The van der Waals surface area contributed by atoms with Gasteiger partial charge in [-0.25, -0.2) is 8.78 Å². The smallest absolute Gasteiger partial charge is 0.159 e. The molecule has 1 atom stereocenters. The van der Waals surface area contributed by atoms with Gasteiger partial charge in [-0.15, -0.1) is 0 Å². The predicted octanol–water partition coefficient (Wildman–Crippen LogP) is 1.56. The molecule has 0 radical (unpaired) electrons. The van der Waals surface area contributed by atoms with E-state index in [4.69, 9.17) is 4.74 Å². The lowest BCUT2D eigenvalue weighted by Crippen LogP contribution is -2.46. The third kappa shape index (κ3) is 3.04. The molecule has 0 spiro atoms. The number of hydrogen-bond acceptors (Lipinski definition) is 3. The lowest BCUT2D eigenvalue weighted by Gasteiger charge is -2.34. The molecule has 1 N–H and O–H groups in total. The van der Waals surface area contributed by atoms with Crippen LogP contribution in [0, 0.1) is 11.6 Å². The van der Waals surface area contributed by atoms with Crippen LogP contribution in [-0.2, 0) is 4.74 Å². The summed E-state index contributed by atoms with van der Waals surface area (Å²) in [6.45, 7) is 4.05. The number of hydrogen-bond donors (Lipinski definition) is 1. The van der Waals surface area contributed by atoms with Crippen molar-refractivity contribution < 1.29 is 13.5 Å².